The highest BCUT2D eigenvalue weighted by Crippen LogP contribution is 2.35. The molecule has 0 radical (unpaired) electrons. The number of rotatable bonds is 2. The smallest absolute Gasteiger partial charge is 0.124 e. The minimum Gasteiger partial charge on any atom is -0.490 e. The fourth-order valence-corrected chi connectivity index (χ4v) is 2.22. The van der Waals surface area contributed by atoms with Gasteiger partial charge in [-0.15, -0.1) is 0 Å². The van der Waals surface area contributed by atoms with Crippen LogP contribution in [0.2, 0.25) is 0 Å². The fraction of sp³-hybridized carbons (Fsp3) is 0.538. The van der Waals surface area contributed by atoms with Crippen LogP contribution in [0.15, 0.2) is 18.2 Å². The Hall–Kier alpha value is -1.09. The van der Waals surface area contributed by atoms with Gasteiger partial charge in [0.1, 0.15) is 17.7 Å². The summed E-state index contributed by atoms with van der Waals surface area (Å²) in [4.78, 5) is 0. The molecule has 88 valence electrons. The molecular formula is C13H18FNO. The number of halogens is 1. The van der Waals surface area contributed by atoms with Crippen molar-refractivity contribution in [1.29, 1.82) is 0 Å². The summed E-state index contributed by atoms with van der Waals surface area (Å²) in [5.41, 5.74) is 6.83. The van der Waals surface area contributed by atoms with E-state index in [0.717, 1.165) is 24.2 Å². The van der Waals surface area contributed by atoms with Crippen molar-refractivity contribution in [2.24, 2.45) is 11.7 Å². The number of benzene rings is 1. The Morgan fingerprint density at radius 1 is 1.50 bits per heavy atom. The zero-order chi connectivity index (χ0) is 11.7. The largest absolute Gasteiger partial charge is 0.490 e. The summed E-state index contributed by atoms with van der Waals surface area (Å²) < 4.78 is 18.9. The fourth-order valence-electron chi connectivity index (χ4n) is 2.22. The van der Waals surface area contributed by atoms with Crippen molar-refractivity contribution >= 4 is 0 Å². The Morgan fingerprint density at radius 3 is 2.94 bits per heavy atom. The normalized spacial score (nSPS) is 24.1. The van der Waals surface area contributed by atoms with Crippen LogP contribution in [-0.4, -0.2) is 6.10 Å². The average Bonchev–Trinajstić information content (AvgIpc) is 2.18. The van der Waals surface area contributed by atoms with Crippen LogP contribution in [0.5, 0.6) is 5.75 Å². The van der Waals surface area contributed by atoms with Gasteiger partial charge in [0.25, 0.3) is 0 Å². The summed E-state index contributed by atoms with van der Waals surface area (Å²) in [5, 5.41) is 0. The molecular weight excluding hydrogens is 205 g/mol. The molecule has 1 aliphatic heterocycles. The lowest BCUT2D eigenvalue weighted by Gasteiger charge is -2.31. The number of ether oxygens (including phenoxy) is 1. The first-order valence-corrected chi connectivity index (χ1v) is 5.78. The van der Waals surface area contributed by atoms with Crippen LogP contribution in [0.3, 0.4) is 0 Å². The van der Waals surface area contributed by atoms with E-state index in [9.17, 15) is 4.39 Å². The summed E-state index contributed by atoms with van der Waals surface area (Å²) in [7, 11) is 0. The Bertz CT molecular complexity index is 378. The summed E-state index contributed by atoms with van der Waals surface area (Å²) in [6.45, 7) is 4.32. The van der Waals surface area contributed by atoms with Crippen molar-refractivity contribution in [3.63, 3.8) is 0 Å². The summed E-state index contributed by atoms with van der Waals surface area (Å²) in [5.74, 6) is 1.07. The van der Waals surface area contributed by atoms with Gasteiger partial charge in [-0.1, -0.05) is 13.8 Å². The lowest BCUT2D eigenvalue weighted by atomic mass is 9.93. The van der Waals surface area contributed by atoms with Crippen LogP contribution < -0.4 is 10.5 Å². The van der Waals surface area contributed by atoms with Gasteiger partial charge in [0.05, 0.1) is 0 Å². The van der Waals surface area contributed by atoms with Gasteiger partial charge in [0.15, 0.2) is 0 Å². The average molecular weight is 223 g/mol. The molecule has 0 amide bonds. The molecule has 0 spiro atoms. The van der Waals surface area contributed by atoms with E-state index in [2.05, 4.69) is 13.8 Å². The molecule has 2 N–H and O–H groups in total. The zero-order valence-electron chi connectivity index (χ0n) is 9.74. The van der Waals surface area contributed by atoms with Crippen molar-refractivity contribution in [2.75, 3.05) is 0 Å². The molecule has 16 heavy (non-hydrogen) atoms. The van der Waals surface area contributed by atoms with Crippen LogP contribution in [0, 0.1) is 11.7 Å². The molecule has 3 heteroatoms. The van der Waals surface area contributed by atoms with Gasteiger partial charge >= 0.3 is 0 Å². The first-order valence-electron chi connectivity index (χ1n) is 5.78. The Morgan fingerprint density at radius 2 is 2.25 bits per heavy atom. The first kappa shape index (κ1) is 11.4. The van der Waals surface area contributed by atoms with Crippen molar-refractivity contribution < 1.29 is 9.13 Å². The van der Waals surface area contributed by atoms with Gasteiger partial charge in [0, 0.05) is 18.0 Å². The molecule has 0 aliphatic carbocycles. The molecule has 2 rings (SSSR count). The van der Waals surface area contributed by atoms with Crippen LogP contribution in [0.4, 0.5) is 4.39 Å². The van der Waals surface area contributed by atoms with Gasteiger partial charge in [-0.2, -0.15) is 0 Å². The van der Waals surface area contributed by atoms with Gasteiger partial charge in [-0.25, -0.2) is 4.39 Å². The van der Waals surface area contributed by atoms with Gasteiger partial charge in [-0.05, 0) is 30.5 Å². The maximum Gasteiger partial charge on any atom is 0.124 e. The van der Waals surface area contributed by atoms with Gasteiger partial charge < -0.3 is 10.5 Å². The van der Waals surface area contributed by atoms with E-state index in [1.54, 1.807) is 6.07 Å². The summed E-state index contributed by atoms with van der Waals surface area (Å²) in [6, 6.07) is 4.47. The van der Waals surface area contributed by atoms with E-state index in [1.807, 2.05) is 0 Å². The van der Waals surface area contributed by atoms with Crippen molar-refractivity contribution in [1.82, 2.24) is 0 Å². The Labute approximate surface area is 95.6 Å². The van der Waals surface area contributed by atoms with E-state index in [-0.39, 0.29) is 18.0 Å². The molecule has 0 saturated heterocycles. The van der Waals surface area contributed by atoms with Gasteiger partial charge in [0.2, 0.25) is 0 Å². The van der Waals surface area contributed by atoms with E-state index >= 15 is 0 Å². The molecule has 1 heterocycles. The number of hydrogen-bond donors (Lipinski definition) is 1. The SMILES string of the molecule is CC(C)CC1C[C@@H](N)c2cc(F)ccc2O1. The van der Waals surface area contributed by atoms with E-state index in [4.69, 9.17) is 10.5 Å². The monoisotopic (exact) mass is 223 g/mol. The molecule has 2 nitrogen and oxygen atoms in total. The highest BCUT2D eigenvalue weighted by Gasteiger charge is 2.26. The number of hydrogen-bond acceptors (Lipinski definition) is 2. The minimum absolute atomic E-state index is 0.108. The predicted octanol–water partition coefficient (Wildman–Crippen LogP) is 3.02. The summed E-state index contributed by atoms with van der Waals surface area (Å²) >= 11 is 0. The molecule has 0 bridgehead atoms. The Kier molecular flexibility index (Phi) is 3.15. The molecule has 1 aliphatic rings. The van der Waals surface area contributed by atoms with E-state index in [0.29, 0.717) is 5.92 Å². The molecule has 2 atom stereocenters. The molecule has 1 unspecified atom stereocenters. The third kappa shape index (κ3) is 2.35. The van der Waals surface area contributed by atoms with Crippen LogP contribution in [-0.2, 0) is 0 Å². The molecule has 0 aromatic heterocycles. The summed E-state index contributed by atoms with van der Waals surface area (Å²) in [6.07, 6.45) is 1.92. The molecule has 0 saturated carbocycles. The standard InChI is InChI=1S/C13H18FNO/c1-8(2)5-10-7-12(15)11-6-9(14)3-4-13(11)16-10/h3-4,6,8,10,12H,5,7,15H2,1-2H3/t10?,12-/m1/s1. The number of nitrogens with two attached hydrogens (primary N) is 1. The van der Waals surface area contributed by atoms with E-state index < -0.39 is 0 Å². The van der Waals surface area contributed by atoms with Gasteiger partial charge in [-0.3, -0.25) is 0 Å². The van der Waals surface area contributed by atoms with Crippen LogP contribution >= 0.6 is 0 Å². The van der Waals surface area contributed by atoms with Crippen molar-refractivity contribution in [2.45, 2.75) is 38.8 Å². The van der Waals surface area contributed by atoms with Crippen molar-refractivity contribution in [3.05, 3.63) is 29.6 Å². The zero-order valence-corrected chi connectivity index (χ0v) is 9.74. The van der Waals surface area contributed by atoms with Crippen molar-refractivity contribution in [3.8, 4) is 5.75 Å². The maximum atomic E-state index is 13.1. The topological polar surface area (TPSA) is 35.2 Å². The molecule has 1 aromatic rings. The lowest BCUT2D eigenvalue weighted by molar-refractivity contribution is 0.136. The highest BCUT2D eigenvalue weighted by atomic mass is 19.1. The highest BCUT2D eigenvalue weighted by molar-refractivity contribution is 5.38. The molecule has 1 aromatic carbocycles. The Balaban J connectivity index is 2.20. The van der Waals surface area contributed by atoms with E-state index in [1.165, 1.54) is 12.1 Å². The van der Waals surface area contributed by atoms with Crippen LogP contribution in [0.1, 0.15) is 38.3 Å². The van der Waals surface area contributed by atoms with Crippen LogP contribution in [0.25, 0.3) is 0 Å². The second-order valence-electron chi connectivity index (χ2n) is 4.89. The maximum absolute atomic E-state index is 13.1. The minimum atomic E-state index is -0.250. The second kappa shape index (κ2) is 4.42. The predicted molar refractivity (Wildman–Crippen MR) is 61.8 cm³/mol. The second-order valence-corrected chi connectivity index (χ2v) is 4.89. The molecule has 0 fully saturated rings. The lowest BCUT2D eigenvalue weighted by Crippen LogP contribution is -2.30. The quantitative estimate of drug-likeness (QED) is 0.836. The number of fused-ring (bicyclic) bond motifs is 1. The third-order valence-corrected chi connectivity index (χ3v) is 2.92. The first-order chi connectivity index (χ1) is 7.56. The third-order valence-electron chi connectivity index (χ3n) is 2.92.